The van der Waals surface area contributed by atoms with E-state index in [9.17, 15) is 0 Å². The van der Waals surface area contributed by atoms with Crippen molar-refractivity contribution in [3.05, 3.63) is 52.9 Å². The normalized spacial score (nSPS) is 15.0. The highest BCUT2D eigenvalue weighted by atomic mass is 32.1. The van der Waals surface area contributed by atoms with Gasteiger partial charge in [0.25, 0.3) is 0 Å². The Kier molecular flexibility index (Phi) is 2.86. The van der Waals surface area contributed by atoms with Crippen LogP contribution >= 0.6 is 11.3 Å². The number of hydrogen-bond donors (Lipinski definition) is 0. The Balaban J connectivity index is 2.01. The fraction of sp³-hybridized carbons (Fsp3) is 0.250. The zero-order valence-electron chi connectivity index (χ0n) is 10.1. The molecule has 0 amide bonds. The van der Waals surface area contributed by atoms with Crippen LogP contribution in [-0.2, 0) is 0 Å². The van der Waals surface area contributed by atoms with Crippen molar-refractivity contribution < 1.29 is 0 Å². The van der Waals surface area contributed by atoms with E-state index < -0.39 is 0 Å². The predicted molar refractivity (Wildman–Crippen MR) is 76.3 cm³/mol. The first-order valence-corrected chi connectivity index (χ1v) is 7.01. The van der Waals surface area contributed by atoms with Crippen molar-refractivity contribution in [2.45, 2.75) is 26.2 Å². The molecule has 0 radical (unpaired) electrons. The van der Waals surface area contributed by atoms with E-state index in [1.807, 2.05) is 11.3 Å². The quantitative estimate of drug-likeness (QED) is 0.669. The van der Waals surface area contributed by atoms with Gasteiger partial charge in [0.2, 0.25) is 0 Å². The maximum absolute atomic E-state index is 2.41. The third-order valence-corrected chi connectivity index (χ3v) is 4.46. The van der Waals surface area contributed by atoms with Crippen LogP contribution < -0.4 is 0 Å². The van der Waals surface area contributed by atoms with Gasteiger partial charge in [-0.1, -0.05) is 36.4 Å². The van der Waals surface area contributed by atoms with E-state index >= 15 is 0 Å². The zero-order valence-corrected chi connectivity index (χ0v) is 10.9. The monoisotopic (exact) mass is 240 g/mol. The van der Waals surface area contributed by atoms with Gasteiger partial charge in [-0.3, -0.25) is 0 Å². The molecule has 17 heavy (non-hydrogen) atoms. The van der Waals surface area contributed by atoms with Crippen molar-refractivity contribution in [3.63, 3.8) is 0 Å². The van der Waals surface area contributed by atoms with E-state index in [1.54, 1.807) is 5.57 Å². The van der Waals surface area contributed by atoms with E-state index in [0.29, 0.717) is 0 Å². The number of benzene rings is 1. The Morgan fingerprint density at radius 3 is 2.65 bits per heavy atom. The summed E-state index contributed by atoms with van der Waals surface area (Å²) in [5, 5.41) is 0. The van der Waals surface area contributed by atoms with Gasteiger partial charge in [0.15, 0.2) is 0 Å². The SMILES string of the molecule is Cc1sc(-c2ccccc2)cc1C1=CCCC1. The van der Waals surface area contributed by atoms with Crippen LogP contribution in [0.5, 0.6) is 0 Å². The molecule has 1 heteroatoms. The molecule has 0 bridgehead atoms. The van der Waals surface area contributed by atoms with Crippen molar-refractivity contribution in [3.8, 4) is 10.4 Å². The lowest BCUT2D eigenvalue weighted by molar-refractivity contribution is 0.935. The van der Waals surface area contributed by atoms with E-state index in [2.05, 4.69) is 49.4 Å². The lowest BCUT2D eigenvalue weighted by Gasteiger charge is -1.98. The van der Waals surface area contributed by atoms with E-state index in [0.717, 1.165) is 0 Å². The number of allylic oxidation sites excluding steroid dienone is 2. The molecule has 1 aliphatic rings. The molecule has 0 unspecified atom stereocenters. The smallest absolute Gasteiger partial charge is 0.0351 e. The first-order chi connectivity index (χ1) is 8.34. The first-order valence-electron chi connectivity index (χ1n) is 6.20. The van der Waals surface area contributed by atoms with Crippen LogP contribution in [0, 0.1) is 6.92 Å². The minimum atomic E-state index is 1.26. The van der Waals surface area contributed by atoms with E-state index in [1.165, 1.54) is 40.1 Å². The third-order valence-electron chi connectivity index (χ3n) is 3.36. The van der Waals surface area contributed by atoms with Crippen molar-refractivity contribution in [1.29, 1.82) is 0 Å². The van der Waals surface area contributed by atoms with Gasteiger partial charge in [0.1, 0.15) is 0 Å². The number of aryl methyl sites for hydroxylation is 1. The molecule has 3 rings (SSSR count). The summed E-state index contributed by atoms with van der Waals surface area (Å²) < 4.78 is 0. The standard InChI is InChI=1S/C16H16S/c1-12-15(13-7-5-6-8-13)11-16(17-12)14-9-3-2-4-10-14/h2-4,7,9-11H,5-6,8H2,1H3. The van der Waals surface area contributed by atoms with E-state index in [-0.39, 0.29) is 0 Å². The van der Waals surface area contributed by atoms with Crippen LogP contribution in [0.3, 0.4) is 0 Å². The average Bonchev–Trinajstić information content (AvgIpc) is 2.99. The summed E-state index contributed by atoms with van der Waals surface area (Å²) in [4.78, 5) is 2.85. The molecule has 1 heterocycles. The van der Waals surface area contributed by atoms with Crippen molar-refractivity contribution in [2.24, 2.45) is 0 Å². The summed E-state index contributed by atoms with van der Waals surface area (Å²) in [6.07, 6.45) is 6.24. The Morgan fingerprint density at radius 1 is 1.12 bits per heavy atom. The van der Waals surface area contributed by atoms with Gasteiger partial charge < -0.3 is 0 Å². The molecule has 0 saturated heterocycles. The summed E-state index contributed by atoms with van der Waals surface area (Å²) in [6, 6.07) is 13.0. The zero-order chi connectivity index (χ0) is 11.7. The first kappa shape index (κ1) is 10.8. The summed E-state index contributed by atoms with van der Waals surface area (Å²) in [6.45, 7) is 2.24. The molecule has 1 aliphatic carbocycles. The lowest BCUT2D eigenvalue weighted by Crippen LogP contribution is -1.78. The van der Waals surface area contributed by atoms with Gasteiger partial charge in [0, 0.05) is 9.75 Å². The van der Waals surface area contributed by atoms with Gasteiger partial charge >= 0.3 is 0 Å². The Labute approximate surface area is 107 Å². The highest BCUT2D eigenvalue weighted by molar-refractivity contribution is 7.15. The highest BCUT2D eigenvalue weighted by Gasteiger charge is 2.13. The average molecular weight is 240 g/mol. The molecule has 0 atom stereocenters. The van der Waals surface area contributed by atoms with Crippen LogP contribution in [0.25, 0.3) is 16.0 Å². The second-order valence-corrected chi connectivity index (χ2v) is 5.82. The molecule has 0 nitrogen and oxygen atoms in total. The van der Waals surface area contributed by atoms with Gasteiger partial charge in [-0.2, -0.15) is 0 Å². The Bertz CT molecular complexity index is 546. The molecular formula is C16H16S. The topological polar surface area (TPSA) is 0 Å². The highest BCUT2D eigenvalue weighted by Crippen LogP contribution is 2.38. The second kappa shape index (κ2) is 4.50. The molecule has 0 N–H and O–H groups in total. The van der Waals surface area contributed by atoms with Crippen LogP contribution in [0.4, 0.5) is 0 Å². The number of hydrogen-bond acceptors (Lipinski definition) is 1. The van der Waals surface area contributed by atoms with Crippen molar-refractivity contribution in [1.82, 2.24) is 0 Å². The molecule has 1 aromatic carbocycles. The second-order valence-electron chi connectivity index (χ2n) is 4.57. The molecular weight excluding hydrogens is 224 g/mol. The summed E-state index contributed by atoms with van der Waals surface area (Å²) in [5.74, 6) is 0. The Morgan fingerprint density at radius 2 is 1.94 bits per heavy atom. The van der Waals surface area contributed by atoms with Crippen LogP contribution in [0.2, 0.25) is 0 Å². The predicted octanol–water partition coefficient (Wildman–Crippen LogP) is 5.29. The molecule has 0 fully saturated rings. The molecule has 2 aromatic rings. The molecule has 0 saturated carbocycles. The van der Waals surface area contributed by atoms with E-state index in [4.69, 9.17) is 0 Å². The van der Waals surface area contributed by atoms with Crippen molar-refractivity contribution in [2.75, 3.05) is 0 Å². The van der Waals surface area contributed by atoms with Gasteiger partial charge in [-0.15, -0.1) is 11.3 Å². The fourth-order valence-electron chi connectivity index (χ4n) is 2.46. The molecule has 0 spiro atoms. The lowest BCUT2D eigenvalue weighted by atomic mass is 10.1. The summed E-state index contributed by atoms with van der Waals surface area (Å²) in [7, 11) is 0. The minimum absolute atomic E-state index is 1.26. The maximum Gasteiger partial charge on any atom is 0.0351 e. The molecule has 86 valence electrons. The van der Waals surface area contributed by atoms with Crippen LogP contribution in [-0.4, -0.2) is 0 Å². The fourth-order valence-corrected chi connectivity index (χ4v) is 3.52. The Hall–Kier alpha value is -1.34. The van der Waals surface area contributed by atoms with Gasteiger partial charge in [0.05, 0.1) is 0 Å². The van der Waals surface area contributed by atoms with Crippen molar-refractivity contribution >= 4 is 16.9 Å². The molecule has 0 aliphatic heterocycles. The summed E-state index contributed by atoms with van der Waals surface area (Å²) in [5.41, 5.74) is 4.37. The minimum Gasteiger partial charge on any atom is -0.140 e. The van der Waals surface area contributed by atoms with Gasteiger partial charge in [-0.25, -0.2) is 0 Å². The largest absolute Gasteiger partial charge is 0.140 e. The molecule has 1 aromatic heterocycles. The number of thiophene rings is 1. The van der Waals surface area contributed by atoms with Crippen LogP contribution in [0.15, 0.2) is 42.5 Å². The summed E-state index contributed by atoms with van der Waals surface area (Å²) >= 11 is 1.91. The van der Waals surface area contributed by atoms with Crippen LogP contribution in [0.1, 0.15) is 29.7 Å². The maximum atomic E-state index is 2.41. The number of rotatable bonds is 2. The third kappa shape index (κ3) is 2.07. The van der Waals surface area contributed by atoms with Gasteiger partial charge in [-0.05, 0) is 49.0 Å².